The Morgan fingerprint density at radius 2 is 2.07 bits per heavy atom. The lowest BCUT2D eigenvalue weighted by Crippen LogP contribution is -2.45. The maximum atomic E-state index is 4.89. The molecule has 1 aliphatic rings. The SMILES string of the molecule is CCNC(=NCC(c1cccs1)N(C)C)NC1CCN(c2ccccc2)C1. The second-order valence-electron chi connectivity index (χ2n) is 7.13. The maximum Gasteiger partial charge on any atom is 0.191 e. The van der Waals surface area contributed by atoms with Gasteiger partial charge >= 0.3 is 0 Å². The maximum absolute atomic E-state index is 4.89. The topological polar surface area (TPSA) is 42.9 Å². The van der Waals surface area contributed by atoms with E-state index in [1.165, 1.54) is 10.6 Å². The molecule has 27 heavy (non-hydrogen) atoms. The molecule has 3 rings (SSSR count). The van der Waals surface area contributed by atoms with E-state index < -0.39 is 0 Å². The zero-order valence-corrected chi connectivity index (χ0v) is 17.4. The summed E-state index contributed by atoms with van der Waals surface area (Å²) in [5, 5.41) is 9.18. The Morgan fingerprint density at radius 3 is 2.74 bits per heavy atom. The van der Waals surface area contributed by atoms with Gasteiger partial charge in [-0.05, 0) is 51.0 Å². The first kappa shape index (κ1) is 19.7. The van der Waals surface area contributed by atoms with Crippen molar-refractivity contribution in [1.29, 1.82) is 0 Å². The molecular weight excluding hydrogens is 354 g/mol. The molecule has 1 aromatic carbocycles. The first-order valence-corrected chi connectivity index (χ1v) is 10.6. The number of para-hydroxylation sites is 1. The van der Waals surface area contributed by atoms with Crippen molar-refractivity contribution in [1.82, 2.24) is 15.5 Å². The highest BCUT2D eigenvalue weighted by Crippen LogP contribution is 2.23. The number of rotatable bonds is 7. The van der Waals surface area contributed by atoms with Gasteiger partial charge in [-0.2, -0.15) is 0 Å². The number of nitrogens with one attached hydrogen (secondary N) is 2. The van der Waals surface area contributed by atoms with E-state index in [9.17, 15) is 0 Å². The first-order chi connectivity index (χ1) is 13.2. The third-order valence-electron chi connectivity index (χ3n) is 4.91. The molecule has 0 spiro atoms. The summed E-state index contributed by atoms with van der Waals surface area (Å²) in [5.41, 5.74) is 1.30. The van der Waals surface area contributed by atoms with Crippen LogP contribution in [0, 0.1) is 0 Å². The highest BCUT2D eigenvalue weighted by atomic mass is 32.1. The van der Waals surface area contributed by atoms with Gasteiger partial charge in [-0.3, -0.25) is 4.99 Å². The molecule has 0 aliphatic carbocycles. The molecule has 2 aromatic rings. The number of hydrogen-bond acceptors (Lipinski definition) is 4. The standard InChI is InChI=1S/C21H31N5S/c1-4-22-21(23-15-19(25(2)3)20-11-8-14-27-20)24-17-12-13-26(16-17)18-9-6-5-7-10-18/h5-11,14,17,19H,4,12-13,15-16H2,1-3H3,(H2,22,23,24). The van der Waals surface area contributed by atoms with Crippen molar-refractivity contribution in [3.05, 3.63) is 52.7 Å². The third-order valence-corrected chi connectivity index (χ3v) is 5.89. The average Bonchev–Trinajstić information content (AvgIpc) is 3.35. The van der Waals surface area contributed by atoms with Crippen molar-refractivity contribution in [2.75, 3.05) is 45.2 Å². The number of guanidine groups is 1. The molecule has 2 N–H and O–H groups in total. The highest BCUT2D eigenvalue weighted by Gasteiger charge is 2.23. The second kappa shape index (κ2) is 9.76. The van der Waals surface area contributed by atoms with Crippen molar-refractivity contribution < 1.29 is 0 Å². The Labute approximate surface area is 167 Å². The minimum Gasteiger partial charge on any atom is -0.369 e. The lowest BCUT2D eigenvalue weighted by molar-refractivity contribution is 0.310. The second-order valence-corrected chi connectivity index (χ2v) is 8.11. The fraction of sp³-hybridized carbons (Fsp3) is 0.476. The smallest absolute Gasteiger partial charge is 0.191 e. The fourth-order valence-corrected chi connectivity index (χ4v) is 4.35. The molecule has 2 atom stereocenters. The summed E-state index contributed by atoms with van der Waals surface area (Å²) in [6.07, 6.45) is 1.13. The van der Waals surface area contributed by atoms with Crippen LogP contribution in [0.25, 0.3) is 0 Å². The molecule has 6 heteroatoms. The van der Waals surface area contributed by atoms with Crippen LogP contribution < -0.4 is 15.5 Å². The number of nitrogens with zero attached hydrogens (tertiary/aromatic N) is 3. The van der Waals surface area contributed by atoms with Gasteiger partial charge in [-0.15, -0.1) is 11.3 Å². The molecular formula is C21H31N5S. The van der Waals surface area contributed by atoms with Crippen molar-refractivity contribution in [2.24, 2.45) is 4.99 Å². The van der Waals surface area contributed by atoms with Crippen LogP contribution in [0.3, 0.4) is 0 Å². The number of thiophene rings is 1. The van der Waals surface area contributed by atoms with E-state index in [2.05, 4.69) is 89.3 Å². The molecule has 2 unspecified atom stereocenters. The van der Waals surface area contributed by atoms with Crippen LogP contribution in [0.15, 0.2) is 52.8 Å². The molecule has 1 aromatic heterocycles. The largest absolute Gasteiger partial charge is 0.369 e. The van der Waals surface area contributed by atoms with Crippen molar-refractivity contribution in [3.63, 3.8) is 0 Å². The minimum atomic E-state index is 0.310. The fourth-order valence-electron chi connectivity index (χ4n) is 3.43. The number of anilines is 1. The van der Waals surface area contributed by atoms with Crippen LogP contribution >= 0.6 is 11.3 Å². The molecule has 1 aliphatic heterocycles. The predicted octanol–water partition coefficient (Wildman–Crippen LogP) is 3.18. The number of likely N-dealkylation sites (N-methyl/N-ethyl adjacent to an activating group) is 1. The van der Waals surface area contributed by atoms with E-state index in [0.29, 0.717) is 12.1 Å². The average molecular weight is 386 g/mol. The van der Waals surface area contributed by atoms with Gasteiger partial charge in [0.2, 0.25) is 0 Å². The summed E-state index contributed by atoms with van der Waals surface area (Å²) in [4.78, 5) is 10.9. The zero-order chi connectivity index (χ0) is 19.1. The lowest BCUT2D eigenvalue weighted by atomic mass is 10.2. The van der Waals surface area contributed by atoms with Gasteiger partial charge in [0.15, 0.2) is 5.96 Å². The summed E-state index contributed by atoms with van der Waals surface area (Å²) >= 11 is 1.80. The van der Waals surface area contributed by atoms with E-state index in [-0.39, 0.29) is 0 Å². The van der Waals surface area contributed by atoms with Crippen molar-refractivity contribution in [3.8, 4) is 0 Å². The van der Waals surface area contributed by atoms with Gasteiger partial charge < -0.3 is 20.4 Å². The number of aliphatic imine (C=N–C) groups is 1. The predicted molar refractivity (Wildman–Crippen MR) is 117 cm³/mol. The number of hydrogen-bond donors (Lipinski definition) is 2. The van der Waals surface area contributed by atoms with Crippen LogP contribution in [-0.2, 0) is 0 Å². The van der Waals surface area contributed by atoms with Gasteiger partial charge in [-0.1, -0.05) is 24.3 Å². The van der Waals surface area contributed by atoms with E-state index in [4.69, 9.17) is 4.99 Å². The Hall–Kier alpha value is -2.05. The quantitative estimate of drug-likeness (QED) is 0.567. The summed E-state index contributed by atoms with van der Waals surface area (Å²) in [6, 6.07) is 15.7. The summed E-state index contributed by atoms with van der Waals surface area (Å²) in [5.74, 6) is 0.917. The molecule has 1 saturated heterocycles. The molecule has 0 amide bonds. The normalized spacial score (nSPS) is 18.7. The van der Waals surface area contributed by atoms with Crippen molar-refractivity contribution >= 4 is 23.0 Å². The molecule has 0 saturated carbocycles. The van der Waals surface area contributed by atoms with E-state index >= 15 is 0 Å². The monoisotopic (exact) mass is 385 g/mol. The van der Waals surface area contributed by atoms with Crippen molar-refractivity contribution in [2.45, 2.75) is 25.4 Å². The van der Waals surface area contributed by atoms with Crippen LogP contribution in [0.1, 0.15) is 24.3 Å². The van der Waals surface area contributed by atoms with Crippen LogP contribution in [0.5, 0.6) is 0 Å². The van der Waals surface area contributed by atoms with Gasteiger partial charge in [0.25, 0.3) is 0 Å². The summed E-state index contributed by atoms with van der Waals surface area (Å²) in [7, 11) is 4.24. The third kappa shape index (κ3) is 5.47. The lowest BCUT2D eigenvalue weighted by Gasteiger charge is -2.23. The summed E-state index contributed by atoms with van der Waals surface area (Å²) in [6.45, 7) is 5.82. The molecule has 1 fully saturated rings. The van der Waals surface area contributed by atoms with Gasteiger partial charge in [0.05, 0.1) is 12.6 Å². The van der Waals surface area contributed by atoms with Crippen LogP contribution in [0.4, 0.5) is 5.69 Å². The van der Waals surface area contributed by atoms with Crippen LogP contribution in [0.2, 0.25) is 0 Å². The molecule has 0 bridgehead atoms. The Balaban J connectivity index is 1.61. The Bertz CT molecular complexity index is 699. The van der Waals surface area contributed by atoms with E-state index in [1.807, 2.05) is 0 Å². The minimum absolute atomic E-state index is 0.310. The summed E-state index contributed by atoms with van der Waals surface area (Å²) < 4.78 is 0. The number of benzene rings is 1. The highest BCUT2D eigenvalue weighted by molar-refractivity contribution is 7.10. The molecule has 5 nitrogen and oxygen atoms in total. The van der Waals surface area contributed by atoms with E-state index in [0.717, 1.165) is 38.6 Å². The van der Waals surface area contributed by atoms with Crippen LogP contribution in [-0.4, -0.2) is 57.2 Å². The van der Waals surface area contributed by atoms with Gasteiger partial charge in [0, 0.05) is 36.2 Å². The van der Waals surface area contributed by atoms with E-state index in [1.54, 1.807) is 11.3 Å². The Morgan fingerprint density at radius 1 is 1.26 bits per heavy atom. The molecule has 146 valence electrons. The Kier molecular flexibility index (Phi) is 7.12. The molecule has 2 heterocycles. The van der Waals surface area contributed by atoms with Gasteiger partial charge in [0.1, 0.15) is 0 Å². The molecule has 0 radical (unpaired) electrons. The first-order valence-electron chi connectivity index (χ1n) is 9.72. The zero-order valence-electron chi connectivity index (χ0n) is 16.6. The van der Waals surface area contributed by atoms with Gasteiger partial charge in [-0.25, -0.2) is 0 Å².